The number of aromatic nitrogens is 2. The number of benzene rings is 1. The summed E-state index contributed by atoms with van der Waals surface area (Å²) in [5.41, 5.74) is 1.82. The van der Waals surface area contributed by atoms with Crippen molar-refractivity contribution in [1.29, 1.82) is 0 Å². The van der Waals surface area contributed by atoms with Crippen molar-refractivity contribution in [2.24, 2.45) is 0 Å². The Kier molecular flexibility index (Phi) is 9.32. The van der Waals surface area contributed by atoms with Crippen molar-refractivity contribution in [2.45, 2.75) is 90.4 Å². The summed E-state index contributed by atoms with van der Waals surface area (Å²) in [6, 6.07) is 7.82. The minimum atomic E-state index is 0.167. The first-order valence-corrected chi connectivity index (χ1v) is 10.3. The van der Waals surface area contributed by atoms with Gasteiger partial charge in [-0.3, -0.25) is 9.36 Å². The molecule has 0 aliphatic heterocycles. The quantitative estimate of drug-likeness (QED) is 0.377. The third-order valence-corrected chi connectivity index (χ3v) is 4.97. The molecule has 0 N–H and O–H groups in total. The summed E-state index contributed by atoms with van der Waals surface area (Å²) in [6.07, 6.45) is 18.1. The molecular formula is C22H34N2O. The summed E-state index contributed by atoms with van der Waals surface area (Å²) in [6.45, 7) is 2.27. The lowest BCUT2D eigenvalue weighted by atomic mass is 10.0. The second kappa shape index (κ2) is 11.8. The number of carbonyl (C=O) groups is 1. The van der Waals surface area contributed by atoms with Crippen molar-refractivity contribution < 1.29 is 4.79 Å². The molecule has 0 saturated carbocycles. The number of hydrogen-bond donors (Lipinski definition) is 0. The molecule has 0 unspecified atom stereocenters. The SMILES string of the molecule is CCCCCCCCCCCCCCC(=O)n1cnc2ccccc21. The Labute approximate surface area is 152 Å². The molecule has 2 rings (SSSR count). The molecule has 0 bridgehead atoms. The predicted octanol–water partition coefficient (Wildman–Crippen LogP) is 6.77. The van der Waals surface area contributed by atoms with Gasteiger partial charge in [-0.15, -0.1) is 0 Å². The summed E-state index contributed by atoms with van der Waals surface area (Å²) in [4.78, 5) is 16.6. The zero-order valence-electron chi connectivity index (χ0n) is 15.9. The fourth-order valence-electron chi connectivity index (χ4n) is 3.40. The summed E-state index contributed by atoms with van der Waals surface area (Å²) < 4.78 is 1.70. The fourth-order valence-corrected chi connectivity index (χ4v) is 3.40. The van der Waals surface area contributed by atoms with Gasteiger partial charge in [-0.2, -0.15) is 0 Å². The summed E-state index contributed by atoms with van der Waals surface area (Å²) in [5.74, 6) is 0.167. The highest BCUT2D eigenvalue weighted by molar-refractivity contribution is 5.90. The van der Waals surface area contributed by atoms with E-state index in [4.69, 9.17) is 0 Å². The van der Waals surface area contributed by atoms with E-state index in [9.17, 15) is 4.79 Å². The average Bonchev–Trinajstić information content (AvgIpc) is 3.06. The molecule has 1 aromatic carbocycles. The topological polar surface area (TPSA) is 34.9 Å². The maximum atomic E-state index is 12.3. The molecule has 2 aromatic rings. The number of imidazole rings is 1. The molecule has 1 aromatic heterocycles. The Morgan fingerprint density at radius 1 is 0.840 bits per heavy atom. The van der Waals surface area contributed by atoms with Crippen molar-refractivity contribution in [3.63, 3.8) is 0 Å². The zero-order chi connectivity index (χ0) is 17.7. The van der Waals surface area contributed by atoms with Crippen LogP contribution in [0.25, 0.3) is 11.0 Å². The van der Waals surface area contributed by atoms with E-state index in [-0.39, 0.29) is 5.91 Å². The van der Waals surface area contributed by atoms with E-state index in [2.05, 4.69) is 11.9 Å². The smallest absolute Gasteiger partial charge is 0.232 e. The van der Waals surface area contributed by atoms with Crippen LogP contribution in [0.2, 0.25) is 0 Å². The molecule has 0 amide bonds. The number of rotatable bonds is 13. The largest absolute Gasteiger partial charge is 0.274 e. The van der Waals surface area contributed by atoms with Crippen LogP contribution in [0.5, 0.6) is 0 Å². The average molecular weight is 343 g/mol. The molecule has 3 nitrogen and oxygen atoms in total. The van der Waals surface area contributed by atoms with Crippen molar-refractivity contribution in [3.8, 4) is 0 Å². The molecule has 0 aliphatic carbocycles. The summed E-state index contributed by atoms with van der Waals surface area (Å²) in [5, 5.41) is 0. The number of unbranched alkanes of at least 4 members (excludes halogenated alkanes) is 11. The van der Waals surface area contributed by atoms with Crippen molar-refractivity contribution in [1.82, 2.24) is 9.55 Å². The van der Waals surface area contributed by atoms with Crippen LogP contribution in [0.15, 0.2) is 30.6 Å². The van der Waals surface area contributed by atoms with E-state index in [1.165, 1.54) is 64.2 Å². The van der Waals surface area contributed by atoms with Gasteiger partial charge in [0.2, 0.25) is 5.91 Å². The second-order valence-corrected chi connectivity index (χ2v) is 7.14. The summed E-state index contributed by atoms with van der Waals surface area (Å²) in [7, 11) is 0. The molecule has 0 radical (unpaired) electrons. The van der Waals surface area contributed by atoms with Crippen molar-refractivity contribution in [3.05, 3.63) is 30.6 Å². The van der Waals surface area contributed by atoms with Crippen molar-refractivity contribution >= 4 is 16.9 Å². The van der Waals surface area contributed by atoms with Gasteiger partial charge >= 0.3 is 0 Å². The van der Waals surface area contributed by atoms with Crippen LogP contribution >= 0.6 is 0 Å². The van der Waals surface area contributed by atoms with E-state index >= 15 is 0 Å². The van der Waals surface area contributed by atoms with Gasteiger partial charge in [-0.05, 0) is 18.6 Å². The first kappa shape index (κ1) is 19.7. The van der Waals surface area contributed by atoms with Crippen LogP contribution in [0.1, 0.15) is 95.2 Å². The first-order chi connectivity index (χ1) is 12.3. The molecule has 1 heterocycles. The van der Waals surface area contributed by atoms with Gasteiger partial charge in [0.05, 0.1) is 11.0 Å². The molecule has 25 heavy (non-hydrogen) atoms. The highest BCUT2D eigenvalue weighted by Gasteiger charge is 2.08. The maximum Gasteiger partial charge on any atom is 0.232 e. The van der Waals surface area contributed by atoms with Crippen LogP contribution in [0.4, 0.5) is 0 Å². The minimum Gasteiger partial charge on any atom is -0.274 e. The van der Waals surface area contributed by atoms with E-state index in [0.29, 0.717) is 6.42 Å². The molecule has 3 heteroatoms. The number of carbonyl (C=O) groups excluding carboxylic acids is 1. The van der Waals surface area contributed by atoms with Gasteiger partial charge < -0.3 is 0 Å². The van der Waals surface area contributed by atoms with Crippen LogP contribution in [0, 0.1) is 0 Å². The molecule has 0 spiro atoms. The van der Waals surface area contributed by atoms with E-state index in [1.807, 2.05) is 24.3 Å². The van der Waals surface area contributed by atoms with Gasteiger partial charge in [0.15, 0.2) is 0 Å². The molecule has 0 atom stereocenters. The molecule has 0 fully saturated rings. The normalized spacial score (nSPS) is 11.2. The third kappa shape index (κ3) is 7.01. The maximum absolute atomic E-state index is 12.3. The summed E-state index contributed by atoms with van der Waals surface area (Å²) >= 11 is 0. The standard InChI is InChI=1S/C22H34N2O/c1-2-3-4-5-6-7-8-9-10-11-12-13-18-22(25)24-19-23-20-16-14-15-17-21(20)24/h14-17,19H,2-13,18H2,1H3. The van der Waals surface area contributed by atoms with Gasteiger partial charge in [0.1, 0.15) is 6.33 Å². The Hall–Kier alpha value is -1.64. The lowest BCUT2D eigenvalue weighted by Crippen LogP contribution is -2.08. The van der Waals surface area contributed by atoms with E-state index in [1.54, 1.807) is 10.9 Å². The Balaban J connectivity index is 1.49. The lowest BCUT2D eigenvalue weighted by molar-refractivity contribution is 0.0903. The number of nitrogens with zero attached hydrogens (tertiary/aromatic N) is 2. The second-order valence-electron chi connectivity index (χ2n) is 7.14. The molecule has 0 aliphatic rings. The number of hydrogen-bond acceptors (Lipinski definition) is 2. The highest BCUT2D eigenvalue weighted by atomic mass is 16.2. The van der Waals surface area contributed by atoms with E-state index < -0.39 is 0 Å². The highest BCUT2D eigenvalue weighted by Crippen LogP contribution is 2.15. The van der Waals surface area contributed by atoms with Crippen LogP contribution in [-0.4, -0.2) is 15.5 Å². The lowest BCUT2D eigenvalue weighted by Gasteiger charge is -2.04. The first-order valence-electron chi connectivity index (χ1n) is 10.3. The van der Waals surface area contributed by atoms with E-state index in [0.717, 1.165) is 23.9 Å². The van der Waals surface area contributed by atoms with Crippen molar-refractivity contribution in [2.75, 3.05) is 0 Å². The molecular weight excluding hydrogens is 308 g/mol. The fraction of sp³-hybridized carbons (Fsp3) is 0.636. The van der Waals surface area contributed by atoms with Gasteiger partial charge in [0, 0.05) is 6.42 Å². The Morgan fingerprint density at radius 2 is 1.40 bits per heavy atom. The Bertz CT molecular complexity index is 617. The van der Waals surface area contributed by atoms with Gasteiger partial charge in [0.25, 0.3) is 0 Å². The Morgan fingerprint density at radius 3 is 2.04 bits per heavy atom. The van der Waals surface area contributed by atoms with Crippen LogP contribution in [0.3, 0.4) is 0 Å². The monoisotopic (exact) mass is 342 g/mol. The number of para-hydroxylation sites is 2. The minimum absolute atomic E-state index is 0.167. The zero-order valence-corrected chi connectivity index (χ0v) is 15.9. The van der Waals surface area contributed by atoms with Gasteiger partial charge in [-0.1, -0.05) is 89.7 Å². The molecule has 0 saturated heterocycles. The number of fused-ring (bicyclic) bond motifs is 1. The van der Waals surface area contributed by atoms with Crippen LogP contribution < -0.4 is 0 Å². The van der Waals surface area contributed by atoms with Crippen LogP contribution in [-0.2, 0) is 0 Å². The van der Waals surface area contributed by atoms with Gasteiger partial charge in [-0.25, -0.2) is 4.98 Å². The predicted molar refractivity (Wildman–Crippen MR) is 106 cm³/mol. The molecule has 138 valence electrons. The third-order valence-electron chi connectivity index (χ3n) is 4.97.